The van der Waals surface area contributed by atoms with Crippen LogP contribution in [0.25, 0.3) is 0 Å². The second-order valence-corrected chi connectivity index (χ2v) is 8.52. The van der Waals surface area contributed by atoms with E-state index in [1.165, 1.54) is 30.8 Å². The molecule has 2 rings (SSSR count). The summed E-state index contributed by atoms with van der Waals surface area (Å²) >= 11 is 1.88. The first-order chi connectivity index (χ1) is 12.1. The number of benzene rings is 1. The molecule has 0 bridgehead atoms. The number of piperidine rings is 1. The van der Waals surface area contributed by atoms with Gasteiger partial charge in [0.15, 0.2) is 5.96 Å². The lowest BCUT2D eigenvalue weighted by molar-refractivity contribution is 0.167. The molecule has 4 nitrogen and oxygen atoms in total. The standard InChI is InChI=1S/C20H34N4S.HI/c1-5-21-20(23-18-11-13-24(14-12-18)16(2)3)22-15-17(4)25-19-9-7-6-8-10-19;/h6-10,16-18H,5,11-15H2,1-4H3,(H2,21,22,23);1H. The highest BCUT2D eigenvalue weighted by molar-refractivity contribution is 14.0. The largest absolute Gasteiger partial charge is 0.357 e. The summed E-state index contributed by atoms with van der Waals surface area (Å²) in [6.45, 7) is 13.0. The van der Waals surface area contributed by atoms with Crippen LogP contribution in [0, 0.1) is 0 Å². The Morgan fingerprint density at radius 1 is 1.19 bits per heavy atom. The van der Waals surface area contributed by atoms with Crippen molar-refractivity contribution < 1.29 is 0 Å². The maximum absolute atomic E-state index is 4.82. The molecule has 1 atom stereocenters. The lowest BCUT2D eigenvalue weighted by atomic mass is 10.0. The van der Waals surface area contributed by atoms with E-state index in [-0.39, 0.29) is 24.0 Å². The molecule has 0 amide bonds. The molecule has 1 aromatic rings. The van der Waals surface area contributed by atoms with Crippen molar-refractivity contribution in [3.63, 3.8) is 0 Å². The Kier molecular flexibility index (Phi) is 11.6. The number of guanidine groups is 1. The molecule has 0 spiro atoms. The number of halogens is 1. The van der Waals surface area contributed by atoms with Crippen molar-refractivity contribution in [3.05, 3.63) is 30.3 Å². The van der Waals surface area contributed by atoms with E-state index in [0.29, 0.717) is 17.3 Å². The van der Waals surface area contributed by atoms with Gasteiger partial charge in [-0.15, -0.1) is 35.7 Å². The summed E-state index contributed by atoms with van der Waals surface area (Å²) < 4.78 is 0. The maximum Gasteiger partial charge on any atom is 0.191 e. The van der Waals surface area contributed by atoms with Crippen molar-refractivity contribution in [3.8, 4) is 0 Å². The molecule has 1 fully saturated rings. The van der Waals surface area contributed by atoms with E-state index in [0.717, 1.165) is 19.0 Å². The number of thioether (sulfide) groups is 1. The van der Waals surface area contributed by atoms with Gasteiger partial charge in [0, 0.05) is 41.9 Å². The van der Waals surface area contributed by atoms with Crippen molar-refractivity contribution in [2.45, 2.75) is 62.8 Å². The number of nitrogens with zero attached hydrogens (tertiary/aromatic N) is 2. The highest BCUT2D eigenvalue weighted by Gasteiger charge is 2.21. The summed E-state index contributed by atoms with van der Waals surface area (Å²) in [4.78, 5) is 8.68. The third-order valence-electron chi connectivity index (χ3n) is 4.53. The van der Waals surface area contributed by atoms with Crippen molar-refractivity contribution in [1.82, 2.24) is 15.5 Å². The van der Waals surface area contributed by atoms with Gasteiger partial charge in [0.2, 0.25) is 0 Å². The Morgan fingerprint density at radius 2 is 1.85 bits per heavy atom. The van der Waals surface area contributed by atoms with Crippen molar-refractivity contribution in [1.29, 1.82) is 0 Å². The molecule has 0 radical (unpaired) electrons. The molecule has 6 heteroatoms. The predicted molar refractivity (Wildman–Crippen MR) is 126 cm³/mol. The highest BCUT2D eigenvalue weighted by atomic mass is 127. The normalized spacial score (nSPS) is 17.7. The Labute approximate surface area is 181 Å². The van der Waals surface area contributed by atoms with Gasteiger partial charge in [0.25, 0.3) is 0 Å². The number of likely N-dealkylation sites (tertiary alicyclic amines) is 1. The van der Waals surface area contributed by atoms with E-state index < -0.39 is 0 Å². The summed E-state index contributed by atoms with van der Waals surface area (Å²) in [5.74, 6) is 0.964. The van der Waals surface area contributed by atoms with Gasteiger partial charge in [-0.05, 0) is 45.7 Å². The van der Waals surface area contributed by atoms with Gasteiger partial charge in [-0.25, -0.2) is 0 Å². The van der Waals surface area contributed by atoms with Crippen molar-refractivity contribution >= 4 is 41.7 Å². The second-order valence-electron chi connectivity index (χ2n) is 7.01. The first-order valence-electron chi connectivity index (χ1n) is 9.59. The Hall–Kier alpha value is -0.470. The average molecular weight is 490 g/mol. The molecule has 0 aliphatic carbocycles. The molecular formula is C20H35IN4S. The number of rotatable bonds is 7. The zero-order valence-electron chi connectivity index (χ0n) is 16.6. The minimum absolute atomic E-state index is 0. The van der Waals surface area contributed by atoms with Crippen LogP contribution in [-0.2, 0) is 0 Å². The van der Waals surface area contributed by atoms with Gasteiger partial charge in [-0.2, -0.15) is 0 Å². The van der Waals surface area contributed by atoms with Crippen LogP contribution in [0.5, 0.6) is 0 Å². The molecule has 1 heterocycles. The predicted octanol–water partition coefficient (Wildman–Crippen LogP) is 4.21. The fourth-order valence-electron chi connectivity index (χ4n) is 3.06. The van der Waals surface area contributed by atoms with Gasteiger partial charge in [-0.3, -0.25) is 4.99 Å². The van der Waals surface area contributed by atoms with Crippen LogP contribution in [0.4, 0.5) is 0 Å². The minimum Gasteiger partial charge on any atom is -0.357 e. The molecule has 148 valence electrons. The van der Waals surface area contributed by atoms with E-state index in [2.05, 4.69) is 73.6 Å². The molecule has 26 heavy (non-hydrogen) atoms. The van der Waals surface area contributed by atoms with Crippen LogP contribution in [0.15, 0.2) is 40.2 Å². The topological polar surface area (TPSA) is 39.7 Å². The van der Waals surface area contributed by atoms with Gasteiger partial charge >= 0.3 is 0 Å². The van der Waals surface area contributed by atoms with Gasteiger partial charge < -0.3 is 15.5 Å². The number of aliphatic imine (C=N–C) groups is 1. The molecule has 2 N–H and O–H groups in total. The van der Waals surface area contributed by atoms with Gasteiger partial charge in [-0.1, -0.05) is 25.1 Å². The fourth-order valence-corrected chi connectivity index (χ4v) is 3.99. The van der Waals surface area contributed by atoms with Crippen molar-refractivity contribution in [2.24, 2.45) is 4.99 Å². The molecular weight excluding hydrogens is 455 g/mol. The SMILES string of the molecule is CCNC(=NCC(C)Sc1ccccc1)NC1CCN(C(C)C)CC1.I. The summed E-state index contributed by atoms with van der Waals surface area (Å²) in [5.41, 5.74) is 0. The van der Waals surface area contributed by atoms with Gasteiger partial charge in [0.05, 0.1) is 6.54 Å². The molecule has 1 unspecified atom stereocenters. The van der Waals surface area contributed by atoms with E-state index >= 15 is 0 Å². The van der Waals surface area contributed by atoms with E-state index in [9.17, 15) is 0 Å². The van der Waals surface area contributed by atoms with Crippen molar-refractivity contribution in [2.75, 3.05) is 26.2 Å². The third kappa shape index (κ3) is 8.48. The molecule has 1 aromatic carbocycles. The molecule has 0 aromatic heterocycles. The summed E-state index contributed by atoms with van der Waals surface area (Å²) in [6.07, 6.45) is 2.38. The number of nitrogens with one attached hydrogen (secondary N) is 2. The number of hydrogen-bond donors (Lipinski definition) is 2. The van der Waals surface area contributed by atoms with E-state index in [1.807, 2.05) is 11.8 Å². The minimum atomic E-state index is 0. The fraction of sp³-hybridized carbons (Fsp3) is 0.650. The molecule has 1 aliphatic rings. The quantitative estimate of drug-likeness (QED) is 0.260. The van der Waals surface area contributed by atoms with E-state index in [1.54, 1.807) is 0 Å². The third-order valence-corrected chi connectivity index (χ3v) is 5.63. The smallest absolute Gasteiger partial charge is 0.191 e. The Morgan fingerprint density at radius 3 is 2.42 bits per heavy atom. The average Bonchev–Trinajstić information content (AvgIpc) is 2.61. The summed E-state index contributed by atoms with van der Waals surface area (Å²) in [7, 11) is 0. The summed E-state index contributed by atoms with van der Waals surface area (Å²) in [6, 6.07) is 11.8. The second kappa shape index (κ2) is 12.8. The van der Waals surface area contributed by atoms with Crippen LogP contribution < -0.4 is 10.6 Å². The number of hydrogen-bond acceptors (Lipinski definition) is 3. The van der Waals surface area contributed by atoms with Crippen LogP contribution in [0.1, 0.15) is 40.5 Å². The Balaban J connectivity index is 0.00000338. The van der Waals surface area contributed by atoms with Crippen LogP contribution in [0.2, 0.25) is 0 Å². The monoisotopic (exact) mass is 490 g/mol. The summed E-state index contributed by atoms with van der Waals surface area (Å²) in [5, 5.41) is 7.50. The Bertz CT molecular complexity index is 516. The first kappa shape index (κ1) is 23.6. The first-order valence-corrected chi connectivity index (χ1v) is 10.5. The molecule has 1 saturated heterocycles. The van der Waals surface area contributed by atoms with Crippen LogP contribution in [-0.4, -0.2) is 54.4 Å². The van der Waals surface area contributed by atoms with Gasteiger partial charge in [0.1, 0.15) is 0 Å². The zero-order chi connectivity index (χ0) is 18.1. The highest BCUT2D eigenvalue weighted by Crippen LogP contribution is 2.22. The molecule has 0 saturated carbocycles. The lowest BCUT2D eigenvalue weighted by Gasteiger charge is -2.35. The van der Waals surface area contributed by atoms with E-state index in [4.69, 9.17) is 4.99 Å². The van der Waals surface area contributed by atoms with Crippen LogP contribution in [0.3, 0.4) is 0 Å². The maximum atomic E-state index is 4.82. The molecule has 1 aliphatic heterocycles. The zero-order valence-corrected chi connectivity index (χ0v) is 19.7. The lowest BCUT2D eigenvalue weighted by Crippen LogP contribution is -2.50. The van der Waals surface area contributed by atoms with Crippen LogP contribution >= 0.6 is 35.7 Å².